The lowest BCUT2D eigenvalue weighted by Crippen LogP contribution is -2.41. The van der Waals surface area contributed by atoms with Crippen LogP contribution in [0.25, 0.3) is 0 Å². The van der Waals surface area contributed by atoms with E-state index in [-0.39, 0.29) is 18.5 Å². The van der Waals surface area contributed by atoms with E-state index >= 15 is 0 Å². The largest absolute Gasteiger partial charge is 0.319 e. The van der Waals surface area contributed by atoms with E-state index < -0.39 is 17.8 Å². The maximum Gasteiger partial charge on any atom is 0.238 e. The average Bonchev–Trinajstić information content (AvgIpc) is 2.78. The molecule has 1 amide bonds. The lowest BCUT2D eigenvalue weighted by molar-refractivity contribution is -0.131. The van der Waals surface area contributed by atoms with E-state index in [4.69, 9.17) is 0 Å². The molecular formula is C15H20F2N2O. The van der Waals surface area contributed by atoms with Crippen LogP contribution in [0.15, 0.2) is 18.2 Å². The fourth-order valence-electron chi connectivity index (χ4n) is 2.58. The zero-order chi connectivity index (χ0) is 14.9. The van der Waals surface area contributed by atoms with Crippen LogP contribution in [0.1, 0.15) is 38.9 Å². The van der Waals surface area contributed by atoms with Crippen LogP contribution >= 0.6 is 0 Å². The van der Waals surface area contributed by atoms with Gasteiger partial charge in [0.05, 0.1) is 6.54 Å². The first-order chi connectivity index (χ1) is 9.45. The summed E-state index contributed by atoms with van der Waals surface area (Å²) in [5, 5.41) is 3.01. The van der Waals surface area contributed by atoms with Crippen LogP contribution in [-0.4, -0.2) is 23.4 Å². The minimum Gasteiger partial charge on any atom is -0.319 e. The highest BCUT2D eigenvalue weighted by molar-refractivity contribution is 5.81. The van der Waals surface area contributed by atoms with Gasteiger partial charge in [-0.3, -0.25) is 10.1 Å². The van der Waals surface area contributed by atoms with Crippen LogP contribution < -0.4 is 5.32 Å². The molecule has 20 heavy (non-hydrogen) atoms. The van der Waals surface area contributed by atoms with Gasteiger partial charge >= 0.3 is 0 Å². The first kappa shape index (κ1) is 14.9. The third kappa shape index (κ3) is 2.68. The van der Waals surface area contributed by atoms with Gasteiger partial charge < -0.3 is 4.90 Å². The van der Waals surface area contributed by atoms with Crippen molar-refractivity contribution < 1.29 is 13.6 Å². The molecule has 0 radical (unpaired) electrons. The fraction of sp³-hybridized carbons (Fsp3) is 0.533. The summed E-state index contributed by atoms with van der Waals surface area (Å²) >= 11 is 0. The van der Waals surface area contributed by atoms with Crippen molar-refractivity contribution in [2.75, 3.05) is 6.54 Å². The summed E-state index contributed by atoms with van der Waals surface area (Å²) in [4.78, 5) is 13.7. The van der Waals surface area contributed by atoms with E-state index in [9.17, 15) is 13.6 Å². The maximum absolute atomic E-state index is 13.9. The first-order valence-electron chi connectivity index (χ1n) is 6.95. The summed E-state index contributed by atoms with van der Waals surface area (Å²) in [6.07, 6.45) is 0.413. The minimum atomic E-state index is -0.626. The highest BCUT2D eigenvalue weighted by Crippen LogP contribution is 2.30. The summed E-state index contributed by atoms with van der Waals surface area (Å²) in [5.41, 5.74) is 0.312. The molecule has 1 aromatic carbocycles. The minimum absolute atomic E-state index is 0.00282. The summed E-state index contributed by atoms with van der Waals surface area (Å²) in [5.74, 6) is -0.980. The first-order valence-corrected chi connectivity index (χ1v) is 6.95. The van der Waals surface area contributed by atoms with E-state index in [2.05, 4.69) is 19.2 Å². The monoisotopic (exact) mass is 282 g/mol. The molecule has 0 aromatic heterocycles. The number of hydrogen-bond donors (Lipinski definition) is 1. The van der Waals surface area contributed by atoms with Gasteiger partial charge in [0.25, 0.3) is 0 Å². The van der Waals surface area contributed by atoms with Crippen molar-refractivity contribution in [3.05, 3.63) is 35.4 Å². The fourth-order valence-corrected chi connectivity index (χ4v) is 2.58. The molecular weight excluding hydrogens is 262 g/mol. The number of rotatable bonds is 4. The van der Waals surface area contributed by atoms with Gasteiger partial charge in [0.2, 0.25) is 5.91 Å². The predicted octanol–water partition coefficient (Wildman–Crippen LogP) is 2.83. The van der Waals surface area contributed by atoms with Crippen molar-refractivity contribution in [2.45, 2.75) is 39.4 Å². The molecule has 1 aliphatic rings. The lowest BCUT2D eigenvalue weighted by atomic mass is 9.98. The molecule has 0 saturated carbocycles. The molecule has 0 bridgehead atoms. The summed E-state index contributed by atoms with van der Waals surface area (Å²) < 4.78 is 26.9. The Morgan fingerprint density at radius 1 is 1.40 bits per heavy atom. The van der Waals surface area contributed by atoms with Crippen molar-refractivity contribution in [1.82, 2.24) is 10.2 Å². The standard InChI is InChI=1S/C15H20F2N2O/c1-4-9(2)10(3)19-14(20)8-18-15(19)12-6-5-11(16)7-13(12)17/h5-7,9-10,15,18H,4,8H2,1-3H3. The average molecular weight is 282 g/mol. The Morgan fingerprint density at radius 3 is 2.70 bits per heavy atom. The van der Waals surface area contributed by atoms with Crippen LogP contribution in [0.4, 0.5) is 8.78 Å². The van der Waals surface area contributed by atoms with Gasteiger partial charge in [-0.2, -0.15) is 0 Å². The van der Waals surface area contributed by atoms with Crippen LogP contribution in [-0.2, 0) is 4.79 Å². The molecule has 1 heterocycles. The number of nitrogens with one attached hydrogen (secondary N) is 1. The Balaban J connectivity index is 2.32. The normalized spacial score (nSPS) is 22.1. The number of nitrogens with zero attached hydrogens (tertiary/aromatic N) is 1. The van der Waals surface area contributed by atoms with Crippen molar-refractivity contribution >= 4 is 5.91 Å². The number of benzene rings is 1. The van der Waals surface area contributed by atoms with E-state index in [1.54, 1.807) is 4.90 Å². The predicted molar refractivity (Wildman–Crippen MR) is 72.9 cm³/mol. The highest BCUT2D eigenvalue weighted by atomic mass is 19.1. The summed E-state index contributed by atoms with van der Waals surface area (Å²) in [7, 11) is 0. The molecule has 1 fully saturated rings. The topological polar surface area (TPSA) is 32.3 Å². The zero-order valence-electron chi connectivity index (χ0n) is 12.0. The molecule has 2 rings (SSSR count). The molecule has 3 nitrogen and oxygen atoms in total. The Labute approximate surface area is 118 Å². The van der Waals surface area contributed by atoms with Crippen LogP contribution in [0.5, 0.6) is 0 Å². The van der Waals surface area contributed by atoms with Gasteiger partial charge in [-0.1, -0.05) is 20.3 Å². The quantitative estimate of drug-likeness (QED) is 0.921. The van der Waals surface area contributed by atoms with Crippen molar-refractivity contribution in [3.8, 4) is 0 Å². The van der Waals surface area contributed by atoms with E-state index in [1.165, 1.54) is 12.1 Å². The van der Waals surface area contributed by atoms with Crippen LogP contribution in [0.2, 0.25) is 0 Å². The van der Waals surface area contributed by atoms with Gasteiger partial charge in [-0.05, 0) is 25.0 Å². The van der Waals surface area contributed by atoms with Crippen molar-refractivity contribution in [2.24, 2.45) is 5.92 Å². The van der Waals surface area contributed by atoms with Gasteiger partial charge in [0.15, 0.2) is 0 Å². The summed E-state index contributed by atoms with van der Waals surface area (Å²) in [6.45, 7) is 6.27. The van der Waals surface area contributed by atoms with Gasteiger partial charge in [-0.15, -0.1) is 0 Å². The molecule has 1 aliphatic heterocycles. The Bertz CT molecular complexity index is 507. The molecule has 1 N–H and O–H groups in total. The van der Waals surface area contributed by atoms with Gasteiger partial charge in [0, 0.05) is 17.7 Å². The highest BCUT2D eigenvalue weighted by Gasteiger charge is 2.37. The molecule has 0 spiro atoms. The molecule has 5 heteroatoms. The smallest absolute Gasteiger partial charge is 0.238 e. The SMILES string of the molecule is CCC(C)C(C)N1C(=O)CNC1c1ccc(F)cc1F. The Morgan fingerprint density at radius 2 is 2.10 bits per heavy atom. The maximum atomic E-state index is 13.9. The van der Waals surface area contributed by atoms with Gasteiger partial charge in [0.1, 0.15) is 17.8 Å². The molecule has 3 unspecified atom stereocenters. The molecule has 1 saturated heterocycles. The van der Waals surface area contributed by atoms with Crippen molar-refractivity contribution in [3.63, 3.8) is 0 Å². The zero-order valence-corrected chi connectivity index (χ0v) is 12.0. The number of halogens is 2. The van der Waals surface area contributed by atoms with Gasteiger partial charge in [-0.25, -0.2) is 8.78 Å². The third-order valence-corrected chi connectivity index (χ3v) is 4.18. The molecule has 110 valence electrons. The van der Waals surface area contributed by atoms with Crippen LogP contribution in [0.3, 0.4) is 0 Å². The number of hydrogen-bond acceptors (Lipinski definition) is 2. The van der Waals surface area contributed by atoms with E-state index in [0.717, 1.165) is 12.5 Å². The summed E-state index contributed by atoms with van der Waals surface area (Å²) in [6, 6.07) is 3.47. The number of carbonyl (C=O) groups is 1. The van der Waals surface area contributed by atoms with E-state index in [1.807, 2.05) is 6.92 Å². The second-order valence-electron chi connectivity index (χ2n) is 5.38. The molecule has 0 aliphatic carbocycles. The van der Waals surface area contributed by atoms with E-state index in [0.29, 0.717) is 11.5 Å². The lowest BCUT2D eigenvalue weighted by Gasteiger charge is -2.34. The number of carbonyl (C=O) groups excluding carboxylic acids is 1. The molecule has 3 atom stereocenters. The van der Waals surface area contributed by atoms with Crippen molar-refractivity contribution in [1.29, 1.82) is 0 Å². The Kier molecular flexibility index (Phi) is 4.38. The molecule has 1 aromatic rings. The Hall–Kier alpha value is -1.49. The third-order valence-electron chi connectivity index (χ3n) is 4.18. The number of amides is 1. The second-order valence-corrected chi connectivity index (χ2v) is 5.38. The second kappa shape index (κ2) is 5.87. The van der Waals surface area contributed by atoms with Crippen LogP contribution in [0, 0.1) is 17.6 Å².